The van der Waals surface area contributed by atoms with E-state index in [9.17, 15) is 9.59 Å². The molecule has 126 valence electrons. The topological polar surface area (TPSA) is 46.6 Å². The van der Waals surface area contributed by atoms with Crippen molar-refractivity contribution in [2.24, 2.45) is 0 Å². The number of carbonyl (C=O) groups is 2. The number of ether oxygens (including phenoxy) is 1. The van der Waals surface area contributed by atoms with Gasteiger partial charge in [0.2, 0.25) is 5.91 Å². The lowest BCUT2D eigenvalue weighted by molar-refractivity contribution is -0.887. The number of nitrogens with zero attached hydrogens (tertiary/aromatic N) is 2. The van der Waals surface area contributed by atoms with Gasteiger partial charge in [0.15, 0.2) is 0 Å². The van der Waals surface area contributed by atoms with E-state index in [1.807, 2.05) is 17.0 Å². The van der Waals surface area contributed by atoms with Gasteiger partial charge in [-0.15, -0.1) is 0 Å². The van der Waals surface area contributed by atoms with E-state index in [0.717, 1.165) is 29.2 Å². The highest BCUT2D eigenvalue weighted by atomic mass is 16.5. The highest BCUT2D eigenvalue weighted by Gasteiger charge is 2.16. The lowest BCUT2D eigenvalue weighted by atomic mass is 10.2. The number of carbonyl (C=O) groups excluding carboxylic acids is 2. The molecule has 0 saturated heterocycles. The van der Waals surface area contributed by atoms with E-state index in [-0.39, 0.29) is 5.91 Å². The fourth-order valence-electron chi connectivity index (χ4n) is 1.94. The van der Waals surface area contributed by atoms with Crippen LogP contribution < -0.4 is 4.74 Å². The molecule has 0 saturated carbocycles. The van der Waals surface area contributed by atoms with Crippen molar-refractivity contribution in [1.29, 1.82) is 0 Å². The first-order valence-electron chi connectivity index (χ1n) is 7.78. The van der Waals surface area contributed by atoms with Gasteiger partial charge in [0.05, 0.1) is 33.7 Å². The summed E-state index contributed by atoms with van der Waals surface area (Å²) in [6.45, 7) is 10.3. The molecule has 0 fully saturated rings. The maximum atomic E-state index is 11.8. The van der Waals surface area contributed by atoms with E-state index < -0.39 is 5.97 Å². The second kappa shape index (κ2) is 8.48. The summed E-state index contributed by atoms with van der Waals surface area (Å²) < 4.78 is 5.91. The van der Waals surface area contributed by atoms with Crippen molar-refractivity contribution in [3.05, 3.63) is 42.5 Å². The number of rotatable bonds is 8. The summed E-state index contributed by atoms with van der Waals surface area (Å²) in [6, 6.07) is 7.17. The molecular weight excluding hydrogens is 292 g/mol. The molecular formula is C18H27N2O3+. The maximum absolute atomic E-state index is 11.8. The van der Waals surface area contributed by atoms with Gasteiger partial charge in [0.25, 0.3) is 0 Å². The summed E-state index contributed by atoms with van der Waals surface area (Å²) in [5, 5.41) is 0. The predicted molar refractivity (Wildman–Crippen MR) is 90.9 cm³/mol. The summed E-state index contributed by atoms with van der Waals surface area (Å²) in [6.07, 6.45) is 1.12. The molecule has 0 aromatic heterocycles. The Kier molecular flexibility index (Phi) is 6.97. The Hall–Kier alpha value is -2.14. The first-order chi connectivity index (χ1) is 10.8. The van der Waals surface area contributed by atoms with Crippen LogP contribution in [0.25, 0.3) is 0 Å². The second-order valence-electron chi connectivity index (χ2n) is 6.19. The molecule has 0 atom stereocenters. The zero-order valence-electron chi connectivity index (χ0n) is 14.5. The van der Waals surface area contributed by atoms with Gasteiger partial charge < -0.3 is 14.1 Å². The van der Waals surface area contributed by atoms with Crippen molar-refractivity contribution < 1.29 is 18.8 Å². The minimum Gasteiger partial charge on any atom is -0.423 e. The maximum Gasteiger partial charge on any atom is 0.335 e. The number of esters is 1. The minimum atomic E-state index is -0.484. The highest BCUT2D eigenvalue weighted by Crippen LogP contribution is 2.14. The lowest BCUT2D eigenvalue weighted by Gasteiger charge is -2.31. The molecule has 0 aliphatic heterocycles. The van der Waals surface area contributed by atoms with Crippen LogP contribution in [0, 0.1) is 0 Å². The average molecular weight is 319 g/mol. The number of benzene rings is 1. The van der Waals surface area contributed by atoms with Crippen LogP contribution in [0.1, 0.15) is 19.4 Å². The van der Waals surface area contributed by atoms with Crippen LogP contribution in [0.15, 0.2) is 36.9 Å². The van der Waals surface area contributed by atoms with Gasteiger partial charge in [-0.1, -0.05) is 18.7 Å². The molecule has 0 heterocycles. The number of hydrogen-bond donors (Lipinski definition) is 0. The quantitative estimate of drug-likeness (QED) is 0.319. The molecule has 0 unspecified atom stereocenters. The molecule has 0 bridgehead atoms. The SMILES string of the molecule is C=CC(=O)Oc1ccc(CN(CC[N+](C)(C)CC)C(C)=O)cc1. The van der Waals surface area contributed by atoms with E-state index in [1.165, 1.54) is 0 Å². The molecule has 0 aliphatic rings. The lowest BCUT2D eigenvalue weighted by Crippen LogP contribution is -2.46. The van der Waals surface area contributed by atoms with Crippen LogP contribution in [0.4, 0.5) is 0 Å². The van der Waals surface area contributed by atoms with Gasteiger partial charge in [-0.25, -0.2) is 4.79 Å². The van der Waals surface area contributed by atoms with Gasteiger partial charge in [0, 0.05) is 19.5 Å². The second-order valence-corrected chi connectivity index (χ2v) is 6.19. The highest BCUT2D eigenvalue weighted by molar-refractivity contribution is 5.83. The largest absolute Gasteiger partial charge is 0.423 e. The van der Waals surface area contributed by atoms with E-state index in [0.29, 0.717) is 18.8 Å². The van der Waals surface area contributed by atoms with Gasteiger partial charge in [-0.05, 0) is 24.6 Å². The molecule has 0 spiro atoms. The van der Waals surface area contributed by atoms with E-state index in [2.05, 4.69) is 27.6 Å². The smallest absolute Gasteiger partial charge is 0.335 e. The van der Waals surface area contributed by atoms with Crippen molar-refractivity contribution in [3.8, 4) is 5.75 Å². The van der Waals surface area contributed by atoms with Gasteiger partial charge >= 0.3 is 5.97 Å². The minimum absolute atomic E-state index is 0.0586. The van der Waals surface area contributed by atoms with E-state index >= 15 is 0 Å². The van der Waals surface area contributed by atoms with Crippen molar-refractivity contribution >= 4 is 11.9 Å². The Balaban J connectivity index is 2.68. The number of hydrogen-bond acceptors (Lipinski definition) is 3. The molecule has 23 heavy (non-hydrogen) atoms. The Bertz CT molecular complexity index is 550. The first-order valence-corrected chi connectivity index (χ1v) is 7.78. The van der Waals surface area contributed by atoms with Crippen LogP contribution in [-0.2, 0) is 16.1 Å². The Labute approximate surface area is 138 Å². The van der Waals surface area contributed by atoms with E-state index in [4.69, 9.17) is 4.74 Å². The molecule has 1 amide bonds. The molecule has 0 N–H and O–H groups in total. The summed E-state index contributed by atoms with van der Waals surface area (Å²) in [5.41, 5.74) is 1.00. The van der Waals surface area contributed by atoms with Crippen LogP contribution in [-0.4, -0.2) is 55.0 Å². The van der Waals surface area contributed by atoms with Crippen molar-refractivity contribution in [3.63, 3.8) is 0 Å². The Morgan fingerprint density at radius 1 is 1.26 bits per heavy atom. The zero-order chi connectivity index (χ0) is 17.5. The fourth-order valence-corrected chi connectivity index (χ4v) is 1.94. The van der Waals surface area contributed by atoms with Crippen molar-refractivity contribution in [2.45, 2.75) is 20.4 Å². The van der Waals surface area contributed by atoms with Gasteiger partial charge in [-0.2, -0.15) is 0 Å². The Morgan fingerprint density at radius 2 is 1.87 bits per heavy atom. The molecule has 1 rings (SSSR count). The molecule has 5 heteroatoms. The number of amides is 1. The number of likely N-dealkylation sites (N-methyl/N-ethyl adjacent to an activating group) is 1. The molecule has 0 aliphatic carbocycles. The summed E-state index contributed by atoms with van der Waals surface area (Å²) in [7, 11) is 4.31. The standard InChI is InChI=1S/C18H27N2O3/c1-6-18(22)23-17-10-8-16(9-11-17)14-19(15(3)21)12-13-20(4,5)7-2/h6,8-11H,1,7,12-14H2,2-5H3/q+1. The summed E-state index contributed by atoms with van der Waals surface area (Å²) in [5.74, 6) is 0.0442. The molecule has 0 radical (unpaired) electrons. The van der Waals surface area contributed by atoms with Crippen molar-refractivity contribution in [1.82, 2.24) is 4.90 Å². The fraction of sp³-hybridized carbons (Fsp3) is 0.444. The van der Waals surface area contributed by atoms with Crippen LogP contribution in [0.3, 0.4) is 0 Å². The van der Waals surface area contributed by atoms with E-state index in [1.54, 1.807) is 19.1 Å². The first kappa shape index (κ1) is 18.9. The zero-order valence-corrected chi connectivity index (χ0v) is 14.5. The van der Waals surface area contributed by atoms with Gasteiger partial charge in [0.1, 0.15) is 5.75 Å². The van der Waals surface area contributed by atoms with Crippen LogP contribution >= 0.6 is 0 Å². The molecule has 1 aromatic rings. The molecule has 5 nitrogen and oxygen atoms in total. The third-order valence-electron chi connectivity index (χ3n) is 3.96. The van der Waals surface area contributed by atoms with Crippen LogP contribution in [0.5, 0.6) is 5.75 Å². The normalized spacial score (nSPS) is 11.0. The van der Waals surface area contributed by atoms with Crippen molar-refractivity contribution in [2.75, 3.05) is 33.7 Å². The average Bonchev–Trinajstić information content (AvgIpc) is 2.52. The van der Waals surface area contributed by atoms with Crippen LogP contribution in [0.2, 0.25) is 0 Å². The third-order valence-corrected chi connectivity index (χ3v) is 3.96. The summed E-state index contributed by atoms with van der Waals surface area (Å²) in [4.78, 5) is 24.8. The monoisotopic (exact) mass is 319 g/mol. The predicted octanol–water partition coefficient (Wildman–Crippen LogP) is 2.22. The summed E-state index contributed by atoms with van der Waals surface area (Å²) >= 11 is 0. The number of quaternary nitrogens is 1. The van der Waals surface area contributed by atoms with Gasteiger partial charge in [-0.3, -0.25) is 4.79 Å². The third kappa shape index (κ3) is 6.65. The molecule has 1 aromatic carbocycles. The Morgan fingerprint density at radius 3 is 2.35 bits per heavy atom.